The van der Waals surface area contributed by atoms with Crippen molar-refractivity contribution in [2.45, 2.75) is 83.5 Å². The molecule has 1 heterocycles. The second kappa shape index (κ2) is 4.78. The van der Waals surface area contributed by atoms with Crippen LogP contribution < -0.4 is 0 Å². The van der Waals surface area contributed by atoms with Gasteiger partial charge in [-0.1, -0.05) is 13.3 Å². The minimum absolute atomic E-state index is 0.0276. The zero-order valence-corrected chi connectivity index (χ0v) is 15.6. The van der Waals surface area contributed by atoms with Crippen LogP contribution in [0.1, 0.15) is 71.6 Å². The van der Waals surface area contributed by atoms with Crippen molar-refractivity contribution in [3.05, 3.63) is 0 Å². The van der Waals surface area contributed by atoms with Crippen LogP contribution in [-0.2, 0) is 9.47 Å². The summed E-state index contributed by atoms with van der Waals surface area (Å²) in [6, 6.07) is 0. The molecule has 136 valence electrons. The van der Waals surface area contributed by atoms with Crippen molar-refractivity contribution in [2.75, 3.05) is 13.7 Å². The van der Waals surface area contributed by atoms with Crippen molar-refractivity contribution in [3.8, 4) is 0 Å². The van der Waals surface area contributed by atoms with Gasteiger partial charge in [0.15, 0.2) is 6.29 Å². The highest BCUT2D eigenvalue weighted by molar-refractivity contribution is 5.19. The Morgan fingerprint density at radius 2 is 1.88 bits per heavy atom. The van der Waals surface area contributed by atoms with Crippen LogP contribution in [-0.4, -0.2) is 30.7 Å². The van der Waals surface area contributed by atoms with Crippen LogP contribution in [0.4, 0.5) is 0 Å². The average molecular weight is 335 g/mol. The zero-order chi connectivity index (χ0) is 16.8. The molecule has 24 heavy (non-hydrogen) atoms. The molecule has 0 radical (unpaired) electrons. The van der Waals surface area contributed by atoms with Gasteiger partial charge in [0.1, 0.15) is 0 Å². The van der Waals surface area contributed by atoms with E-state index in [1.807, 2.05) is 7.11 Å². The molecule has 5 rings (SSSR count). The lowest BCUT2D eigenvalue weighted by Crippen LogP contribution is -2.67. The van der Waals surface area contributed by atoms with Crippen molar-refractivity contribution in [3.63, 3.8) is 0 Å². The lowest BCUT2D eigenvalue weighted by Gasteiger charge is -2.69. The third kappa shape index (κ3) is 1.75. The first-order valence-electron chi connectivity index (χ1n) is 10.2. The van der Waals surface area contributed by atoms with E-state index in [1.165, 1.54) is 51.4 Å². The average Bonchev–Trinajstić information content (AvgIpc) is 2.71. The third-order valence-electron chi connectivity index (χ3n) is 9.43. The smallest absolute Gasteiger partial charge is 0.163 e. The molecule has 5 aliphatic rings. The van der Waals surface area contributed by atoms with Gasteiger partial charge in [0.05, 0.1) is 12.2 Å². The van der Waals surface area contributed by atoms with Gasteiger partial charge in [-0.15, -0.1) is 0 Å². The van der Waals surface area contributed by atoms with Crippen molar-refractivity contribution in [1.29, 1.82) is 0 Å². The molecule has 4 saturated carbocycles. The maximum absolute atomic E-state index is 11.0. The van der Waals surface area contributed by atoms with E-state index in [-0.39, 0.29) is 11.7 Å². The highest BCUT2D eigenvalue weighted by Gasteiger charge is 2.71. The van der Waals surface area contributed by atoms with Gasteiger partial charge < -0.3 is 14.6 Å². The number of ether oxygens (including phenoxy) is 2. The van der Waals surface area contributed by atoms with Crippen LogP contribution in [0.5, 0.6) is 0 Å². The topological polar surface area (TPSA) is 38.7 Å². The molecule has 1 N–H and O–H groups in total. The Morgan fingerprint density at radius 3 is 2.67 bits per heavy atom. The molecular formula is C21H34O3. The van der Waals surface area contributed by atoms with Crippen LogP contribution in [0.15, 0.2) is 0 Å². The standard InChI is InChI=1S/C21H34O3/c1-18-8-4-9-21(17(23-3)24-13-18)15(18)7-10-20-11-14(5-6-16(20)21)19(2,22)12-20/h14-17,22H,4-13H2,1-3H3/t14-,15-,16-,17+,18+,19-,20+,21+/m1/s1. The molecule has 1 saturated heterocycles. The number of hydrogen-bond donors (Lipinski definition) is 1. The number of hydrogen-bond acceptors (Lipinski definition) is 3. The van der Waals surface area contributed by atoms with Crippen molar-refractivity contribution >= 4 is 0 Å². The molecule has 5 fully saturated rings. The molecular weight excluding hydrogens is 300 g/mol. The fourth-order valence-electron chi connectivity index (χ4n) is 8.79. The first-order valence-corrected chi connectivity index (χ1v) is 10.2. The monoisotopic (exact) mass is 334 g/mol. The molecule has 8 atom stereocenters. The Kier molecular flexibility index (Phi) is 3.20. The summed E-state index contributed by atoms with van der Waals surface area (Å²) in [6.07, 6.45) is 11.2. The second-order valence-electron chi connectivity index (χ2n) is 10.5. The zero-order valence-electron chi connectivity index (χ0n) is 15.6. The Balaban J connectivity index is 1.62. The lowest BCUT2D eigenvalue weighted by atomic mass is 9.39. The second-order valence-corrected chi connectivity index (χ2v) is 10.5. The van der Waals surface area contributed by atoms with Crippen LogP contribution in [0.25, 0.3) is 0 Å². The maximum Gasteiger partial charge on any atom is 0.163 e. The molecule has 0 aromatic carbocycles. The molecule has 4 aliphatic carbocycles. The van der Waals surface area contributed by atoms with Crippen LogP contribution in [0.2, 0.25) is 0 Å². The Morgan fingerprint density at radius 1 is 1.04 bits per heavy atom. The predicted molar refractivity (Wildman–Crippen MR) is 92.4 cm³/mol. The van der Waals surface area contributed by atoms with Gasteiger partial charge in [-0.25, -0.2) is 0 Å². The van der Waals surface area contributed by atoms with E-state index >= 15 is 0 Å². The Hall–Kier alpha value is -0.120. The van der Waals surface area contributed by atoms with E-state index in [9.17, 15) is 5.11 Å². The number of methoxy groups -OCH3 is 1. The quantitative estimate of drug-likeness (QED) is 0.783. The maximum atomic E-state index is 11.0. The summed E-state index contributed by atoms with van der Waals surface area (Å²) in [5.41, 5.74) is 0.434. The van der Waals surface area contributed by atoms with Gasteiger partial charge in [-0.3, -0.25) is 0 Å². The number of rotatable bonds is 1. The minimum Gasteiger partial charge on any atom is -0.390 e. The highest BCUT2D eigenvalue weighted by Crippen LogP contribution is 2.75. The van der Waals surface area contributed by atoms with Gasteiger partial charge in [0.2, 0.25) is 0 Å². The summed E-state index contributed by atoms with van der Waals surface area (Å²) in [5.74, 6) is 1.94. The molecule has 0 amide bonds. The van der Waals surface area contributed by atoms with E-state index in [1.54, 1.807) is 0 Å². The molecule has 1 aliphatic heterocycles. The van der Waals surface area contributed by atoms with Crippen molar-refractivity contribution < 1.29 is 14.6 Å². The highest BCUT2D eigenvalue weighted by atomic mass is 16.7. The van der Waals surface area contributed by atoms with E-state index in [0.29, 0.717) is 22.7 Å². The predicted octanol–water partition coefficient (Wildman–Crippen LogP) is 4.13. The van der Waals surface area contributed by atoms with Gasteiger partial charge >= 0.3 is 0 Å². The number of fused-ring (bicyclic) bond motifs is 1. The lowest BCUT2D eigenvalue weighted by molar-refractivity contribution is -0.337. The molecule has 0 unspecified atom stereocenters. The molecule has 0 aromatic heterocycles. The Labute approximate surface area is 146 Å². The van der Waals surface area contributed by atoms with Crippen LogP contribution in [0, 0.1) is 34.0 Å². The van der Waals surface area contributed by atoms with Gasteiger partial charge in [0, 0.05) is 12.5 Å². The van der Waals surface area contributed by atoms with E-state index < -0.39 is 5.60 Å². The molecule has 1 spiro atoms. The summed E-state index contributed by atoms with van der Waals surface area (Å²) in [5, 5.41) is 11.0. The minimum atomic E-state index is -0.450. The fraction of sp³-hybridized carbons (Fsp3) is 1.00. The molecule has 3 heteroatoms. The summed E-state index contributed by atoms with van der Waals surface area (Å²) >= 11 is 0. The first kappa shape index (κ1) is 16.1. The van der Waals surface area contributed by atoms with E-state index in [2.05, 4.69) is 13.8 Å². The molecule has 4 bridgehead atoms. The third-order valence-corrected chi connectivity index (χ3v) is 9.43. The van der Waals surface area contributed by atoms with Gasteiger partial charge in [-0.05, 0) is 86.9 Å². The van der Waals surface area contributed by atoms with E-state index in [0.717, 1.165) is 18.9 Å². The van der Waals surface area contributed by atoms with Crippen LogP contribution >= 0.6 is 0 Å². The number of aliphatic hydroxyl groups is 1. The summed E-state index contributed by atoms with van der Waals surface area (Å²) in [4.78, 5) is 0. The Bertz CT molecular complexity index is 545. The van der Waals surface area contributed by atoms with Crippen LogP contribution in [0.3, 0.4) is 0 Å². The largest absolute Gasteiger partial charge is 0.390 e. The first-order chi connectivity index (χ1) is 11.4. The summed E-state index contributed by atoms with van der Waals surface area (Å²) in [7, 11) is 1.85. The van der Waals surface area contributed by atoms with Gasteiger partial charge in [-0.2, -0.15) is 0 Å². The van der Waals surface area contributed by atoms with E-state index in [4.69, 9.17) is 9.47 Å². The molecule has 0 aromatic rings. The SMILES string of the molecule is CO[C@H]1OC[C@]2(C)CCC[C@@]13[C@@H]2CC[C@@]12C[C@@H](CC[C@H]13)[C@](C)(O)C2. The fourth-order valence-corrected chi connectivity index (χ4v) is 8.79. The molecule has 3 nitrogen and oxygen atoms in total. The van der Waals surface area contributed by atoms with Crippen molar-refractivity contribution in [2.24, 2.45) is 34.0 Å². The van der Waals surface area contributed by atoms with Crippen molar-refractivity contribution in [1.82, 2.24) is 0 Å². The summed E-state index contributed by atoms with van der Waals surface area (Å²) < 4.78 is 12.4. The normalized spacial score (nSPS) is 62.0. The summed E-state index contributed by atoms with van der Waals surface area (Å²) in [6.45, 7) is 5.46. The van der Waals surface area contributed by atoms with Gasteiger partial charge in [0.25, 0.3) is 0 Å².